The van der Waals surface area contributed by atoms with Crippen molar-refractivity contribution in [2.45, 2.75) is 12.5 Å². The molecule has 1 amide bonds. The molecule has 32 heavy (non-hydrogen) atoms. The predicted molar refractivity (Wildman–Crippen MR) is 121 cm³/mol. The Balaban J connectivity index is 1.79. The molecular formula is C24H25ClN2O5. The topological polar surface area (TPSA) is 79.3 Å². The van der Waals surface area contributed by atoms with Crippen LogP contribution in [0.2, 0.25) is 5.02 Å². The molecule has 0 aliphatic carbocycles. The number of fused-ring (bicyclic) bond motifs is 1. The number of carbonyl (C=O) groups excluding carboxylic acids is 2. The van der Waals surface area contributed by atoms with E-state index in [0.717, 1.165) is 6.54 Å². The maximum absolute atomic E-state index is 13.1. The molecule has 8 heteroatoms. The SMILES string of the molecule is CN(C)CCCN1C(=O)C(=O)/C(=C(\O)c2ccc3c(c2)OCCO3)C1c1cccc(Cl)c1. The molecule has 2 aliphatic rings. The maximum Gasteiger partial charge on any atom is 0.295 e. The van der Waals surface area contributed by atoms with Crippen LogP contribution in [0.3, 0.4) is 0 Å². The highest BCUT2D eigenvalue weighted by molar-refractivity contribution is 6.46. The molecular weight excluding hydrogens is 432 g/mol. The van der Waals surface area contributed by atoms with E-state index in [-0.39, 0.29) is 11.3 Å². The number of ether oxygens (including phenoxy) is 2. The van der Waals surface area contributed by atoms with E-state index in [0.29, 0.717) is 53.8 Å². The van der Waals surface area contributed by atoms with Gasteiger partial charge in [-0.05, 0) is 63.0 Å². The predicted octanol–water partition coefficient (Wildman–Crippen LogP) is 3.48. The van der Waals surface area contributed by atoms with Gasteiger partial charge in [-0.1, -0.05) is 23.7 Å². The Kier molecular flexibility index (Phi) is 6.39. The van der Waals surface area contributed by atoms with E-state index in [9.17, 15) is 14.7 Å². The molecule has 2 aromatic carbocycles. The second-order valence-electron chi connectivity index (χ2n) is 8.06. The zero-order valence-electron chi connectivity index (χ0n) is 18.0. The third-order valence-corrected chi connectivity index (χ3v) is 5.76. The van der Waals surface area contributed by atoms with Gasteiger partial charge < -0.3 is 24.4 Å². The number of hydrogen-bond donors (Lipinski definition) is 1. The molecule has 1 saturated heterocycles. The highest BCUT2D eigenvalue weighted by Gasteiger charge is 2.45. The number of hydrogen-bond acceptors (Lipinski definition) is 6. The van der Waals surface area contributed by atoms with Crippen LogP contribution in [0.5, 0.6) is 11.5 Å². The molecule has 168 valence electrons. The molecule has 1 fully saturated rings. The second-order valence-corrected chi connectivity index (χ2v) is 8.50. The van der Waals surface area contributed by atoms with Gasteiger partial charge in [-0.25, -0.2) is 0 Å². The first kappa shape index (κ1) is 22.2. The lowest BCUT2D eigenvalue weighted by Crippen LogP contribution is -2.32. The number of likely N-dealkylation sites (tertiary alicyclic amines) is 1. The van der Waals surface area contributed by atoms with Crippen LogP contribution >= 0.6 is 11.6 Å². The lowest BCUT2D eigenvalue weighted by atomic mass is 9.95. The van der Waals surface area contributed by atoms with Crippen molar-refractivity contribution < 1.29 is 24.2 Å². The summed E-state index contributed by atoms with van der Waals surface area (Å²) in [4.78, 5) is 29.6. The first-order valence-corrected chi connectivity index (χ1v) is 10.8. The maximum atomic E-state index is 13.1. The number of benzene rings is 2. The quantitative estimate of drug-likeness (QED) is 0.407. The Hall–Kier alpha value is -3.03. The molecule has 1 atom stereocenters. The third-order valence-electron chi connectivity index (χ3n) is 5.52. The van der Waals surface area contributed by atoms with E-state index in [1.807, 2.05) is 19.0 Å². The number of rotatable bonds is 6. The molecule has 7 nitrogen and oxygen atoms in total. The van der Waals surface area contributed by atoms with Gasteiger partial charge in [-0.3, -0.25) is 9.59 Å². The highest BCUT2D eigenvalue weighted by atomic mass is 35.5. The number of aliphatic hydroxyl groups is 1. The van der Waals surface area contributed by atoms with Gasteiger partial charge in [0.15, 0.2) is 11.5 Å². The molecule has 2 aliphatic heterocycles. The largest absolute Gasteiger partial charge is 0.507 e. The monoisotopic (exact) mass is 456 g/mol. The van der Waals surface area contributed by atoms with Crippen molar-refractivity contribution in [1.29, 1.82) is 0 Å². The Labute approximate surface area is 191 Å². The van der Waals surface area contributed by atoms with Gasteiger partial charge in [-0.2, -0.15) is 0 Å². The standard InChI is InChI=1S/C24H25ClN2O5/c1-26(2)9-4-10-27-21(15-5-3-6-17(25)13-15)20(23(29)24(27)30)22(28)16-7-8-18-19(14-16)32-12-11-31-18/h3,5-8,13-14,21,28H,4,9-12H2,1-2H3/b22-20-. The third kappa shape index (κ3) is 4.31. The van der Waals surface area contributed by atoms with Gasteiger partial charge in [-0.15, -0.1) is 0 Å². The number of aliphatic hydroxyl groups excluding tert-OH is 1. The Morgan fingerprint density at radius 1 is 1.12 bits per heavy atom. The van der Waals surface area contributed by atoms with Crippen LogP contribution in [0.15, 0.2) is 48.0 Å². The Bertz CT molecular complexity index is 1080. The summed E-state index contributed by atoms with van der Waals surface area (Å²) in [6.07, 6.45) is 0.682. The minimum absolute atomic E-state index is 0.0406. The van der Waals surface area contributed by atoms with Crippen molar-refractivity contribution in [3.63, 3.8) is 0 Å². The van der Waals surface area contributed by atoms with Crippen LogP contribution in [0.1, 0.15) is 23.6 Å². The van der Waals surface area contributed by atoms with Gasteiger partial charge in [0.2, 0.25) is 0 Å². The van der Waals surface area contributed by atoms with Crippen LogP contribution in [-0.2, 0) is 9.59 Å². The fraction of sp³-hybridized carbons (Fsp3) is 0.333. The van der Waals surface area contributed by atoms with E-state index < -0.39 is 17.7 Å². The summed E-state index contributed by atoms with van der Waals surface area (Å²) in [5, 5.41) is 11.7. The summed E-state index contributed by atoms with van der Waals surface area (Å²) in [7, 11) is 3.90. The molecule has 0 aromatic heterocycles. The fourth-order valence-electron chi connectivity index (χ4n) is 4.04. The molecule has 2 aromatic rings. The second kappa shape index (κ2) is 9.22. The van der Waals surface area contributed by atoms with Crippen molar-refractivity contribution in [3.05, 3.63) is 64.2 Å². The smallest absolute Gasteiger partial charge is 0.295 e. The van der Waals surface area contributed by atoms with Crippen LogP contribution in [0.4, 0.5) is 0 Å². The summed E-state index contributed by atoms with van der Waals surface area (Å²) in [5.74, 6) is -0.538. The van der Waals surface area contributed by atoms with E-state index in [4.69, 9.17) is 21.1 Å². The number of halogens is 1. The van der Waals surface area contributed by atoms with Gasteiger partial charge >= 0.3 is 0 Å². The first-order chi connectivity index (χ1) is 15.4. The van der Waals surface area contributed by atoms with Crippen molar-refractivity contribution in [2.24, 2.45) is 0 Å². The molecule has 0 bridgehead atoms. The zero-order chi connectivity index (χ0) is 22.8. The molecule has 4 rings (SSSR count). The number of nitrogens with zero attached hydrogens (tertiary/aromatic N) is 2. The van der Waals surface area contributed by atoms with Crippen LogP contribution in [-0.4, -0.2) is 67.0 Å². The average Bonchev–Trinajstić information content (AvgIpc) is 3.03. The van der Waals surface area contributed by atoms with E-state index >= 15 is 0 Å². The van der Waals surface area contributed by atoms with Crippen LogP contribution in [0, 0.1) is 0 Å². The number of amides is 1. The summed E-state index contributed by atoms with van der Waals surface area (Å²) < 4.78 is 11.1. The van der Waals surface area contributed by atoms with E-state index in [1.54, 1.807) is 42.5 Å². The normalized spacial score (nSPS) is 19.6. The molecule has 0 radical (unpaired) electrons. The molecule has 0 spiro atoms. The van der Waals surface area contributed by atoms with Crippen molar-refractivity contribution >= 4 is 29.1 Å². The summed E-state index contributed by atoms with van der Waals surface area (Å²) in [5.41, 5.74) is 1.09. The Morgan fingerprint density at radius 2 is 1.88 bits per heavy atom. The van der Waals surface area contributed by atoms with Crippen molar-refractivity contribution in [1.82, 2.24) is 9.80 Å². The van der Waals surface area contributed by atoms with Gasteiger partial charge in [0, 0.05) is 17.1 Å². The van der Waals surface area contributed by atoms with Gasteiger partial charge in [0.25, 0.3) is 11.7 Å². The van der Waals surface area contributed by atoms with Crippen LogP contribution < -0.4 is 9.47 Å². The minimum atomic E-state index is -0.732. The molecule has 1 N–H and O–H groups in total. The first-order valence-electron chi connectivity index (χ1n) is 10.5. The lowest BCUT2D eigenvalue weighted by molar-refractivity contribution is -0.139. The van der Waals surface area contributed by atoms with Crippen molar-refractivity contribution in [2.75, 3.05) is 40.4 Å². The number of ketones is 1. The minimum Gasteiger partial charge on any atom is -0.507 e. The summed E-state index contributed by atoms with van der Waals surface area (Å²) in [6.45, 7) is 1.98. The van der Waals surface area contributed by atoms with Crippen LogP contribution in [0.25, 0.3) is 5.76 Å². The van der Waals surface area contributed by atoms with E-state index in [1.165, 1.54) is 4.90 Å². The molecule has 1 unspecified atom stereocenters. The Morgan fingerprint density at radius 3 is 2.59 bits per heavy atom. The van der Waals surface area contributed by atoms with Gasteiger partial charge in [0.1, 0.15) is 19.0 Å². The highest BCUT2D eigenvalue weighted by Crippen LogP contribution is 2.41. The zero-order valence-corrected chi connectivity index (χ0v) is 18.8. The average molecular weight is 457 g/mol. The lowest BCUT2D eigenvalue weighted by Gasteiger charge is -2.26. The molecule has 0 saturated carbocycles. The summed E-state index contributed by atoms with van der Waals surface area (Å²) >= 11 is 6.21. The van der Waals surface area contributed by atoms with Crippen molar-refractivity contribution in [3.8, 4) is 11.5 Å². The summed E-state index contributed by atoms with van der Waals surface area (Å²) in [6, 6.07) is 11.2. The fourth-order valence-corrected chi connectivity index (χ4v) is 4.24. The number of carbonyl (C=O) groups is 2. The molecule has 2 heterocycles. The van der Waals surface area contributed by atoms with Gasteiger partial charge in [0.05, 0.1) is 11.6 Å². The number of Topliss-reactive ketones (excluding diaryl/α,β-unsaturated/α-hetero) is 1. The van der Waals surface area contributed by atoms with E-state index in [2.05, 4.69) is 0 Å².